The monoisotopic (exact) mass is 435 g/mol. The number of rotatable bonds is 8. The Morgan fingerprint density at radius 3 is 2.31 bits per heavy atom. The van der Waals surface area contributed by atoms with E-state index in [2.05, 4.69) is 17.1 Å². The molecule has 0 aromatic heterocycles. The van der Waals surface area contributed by atoms with Crippen LogP contribution in [0.15, 0.2) is 71.9 Å². The minimum atomic E-state index is -0.0370. The third-order valence-corrected chi connectivity index (χ3v) is 5.07. The molecule has 168 valence electrons. The highest BCUT2D eigenvalue weighted by Crippen LogP contribution is 2.28. The van der Waals surface area contributed by atoms with Crippen molar-refractivity contribution in [3.05, 3.63) is 72.3 Å². The number of ether oxygens (including phenoxy) is 2. The highest BCUT2D eigenvalue weighted by molar-refractivity contribution is 6.09. The number of nitrogens with zero attached hydrogens (tertiary/aromatic N) is 3. The van der Waals surface area contributed by atoms with Crippen LogP contribution in [0.1, 0.15) is 5.56 Å². The summed E-state index contributed by atoms with van der Waals surface area (Å²) < 4.78 is 10.6. The Bertz CT molecular complexity index is 978. The molecule has 0 radical (unpaired) electrons. The van der Waals surface area contributed by atoms with Gasteiger partial charge in [0, 0.05) is 32.3 Å². The van der Waals surface area contributed by atoms with E-state index in [4.69, 9.17) is 14.3 Å². The van der Waals surface area contributed by atoms with Gasteiger partial charge in [-0.1, -0.05) is 35.5 Å². The number of allylic oxidation sites excluding steroid dienone is 2. The number of para-hydroxylation sites is 1. The molecule has 0 atom stereocenters. The Morgan fingerprint density at radius 1 is 0.906 bits per heavy atom. The van der Waals surface area contributed by atoms with E-state index in [1.54, 1.807) is 26.4 Å². The molecule has 1 fully saturated rings. The molecule has 7 heteroatoms. The van der Waals surface area contributed by atoms with Crippen LogP contribution in [0.4, 0.5) is 0 Å². The highest BCUT2D eigenvalue weighted by atomic mass is 16.6. The molecular weight excluding hydrogens is 406 g/mol. The summed E-state index contributed by atoms with van der Waals surface area (Å²) in [5.74, 6) is 1.87. The largest absolute Gasteiger partial charge is 0.493 e. The molecule has 1 heterocycles. The normalized spacial score (nSPS) is 15.3. The molecule has 0 N–H and O–H groups in total. The first-order valence-electron chi connectivity index (χ1n) is 10.4. The average Bonchev–Trinajstić information content (AvgIpc) is 2.84. The second kappa shape index (κ2) is 11.7. The first-order chi connectivity index (χ1) is 15.6. The summed E-state index contributed by atoms with van der Waals surface area (Å²) in [5, 5.41) is 4.22. The molecule has 1 saturated heterocycles. The van der Waals surface area contributed by atoms with Gasteiger partial charge < -0.3 is 24.1 Å². The van der Waals surface area contributed by atoms with Gasteiger partial charge in [0.25, 0.3) is 0 Å². The van der Waals surface area contributed by atoms with Crippen LogP contribution in [-0.2, 0) is 4.79 Å². The van der Waals surface area contributed by atoms with Gasteiger partial charge in [-0.25, -0.2) is 0 Å². The quantitative estimate of drug-likeness (QED) is 0.361. The van der Waals surface area contributed by atoms with Crippen molar-refractivity contribution in [2.45, 2.75) is 0 Å². The summed E-state index contributed by atoms with van der Waals surface area (Å²) in [5.41, 5.74) is 1.40. The lowest BCUT2D eigenvalue weighted by molar-refractivity contribution is -0.127. The van der Waals surface area contributed by atoms with Gasteiger partial charge in [0.2, 0.25) is 5.91 Å². The van der Waals surface area contributed by atoms with Gasteiger partial charge in [0.1, 0.15) is 5.71 Å². The number of carbonyl (C=O) groups excluding carboxylic acids is 1. The van der Waals surface area contributed by atoms with E-state index < -0.39 is 0 Å². The van der Waals surface area contributed by atoms with Gasteiger partial charge in [-0.05, 0) is 49.0 Å². The number of benzene rings is 2. The zero-order valence-corrected chi connectivity index (χ0v) is 18.7. The second-order valence-electron chi connectivity index (χ2n) is 7.33. The fraction of sp³-hybridized carbons (Fsp3) is 0.280. The van der Waals surface area contributed by atoms with E-state index >= 15 is 0 Å². The minimum absolute atomic E-state index is 0.0370. The van der Waals surface area contributed by atoms with Crippen LogP contribution >= 0.6 is 0 Å². The van der Waals surface area contributed by atoms with Crippen molar-refractivity contribution in [2.24, 2.45) is 5.16 Å². The molecule has 3 rings (SSSR count). The van der Waals surface area contributed by atoms with Gasteiger partial charge in [-0.3, -0.25) is 4.79 Å². The van der Waals surface area contributed by atoms with Crippen LogP contribution < -0.4 is 14.3 Å². The summed E-state index contributed by atoms with van der Waals surface area (Å²) >= 11 is 0. The van der Waals surface area contributed by atoms with Crippen LogP contribution in [0.3, 0.4) is 0 Å². The summed E-state index contributed by atoms with van der Waals surface area (Å²) in [7, 11) is 5.25. The molecule has 1 aliphatic rings. The van der Waals surface area contributed by atoms with E-state index in [0.29, 0.717) is 36.0 Å². The van der Waals surface area contributed by atoms with Crippen molar-refractivity contribution >= 4 is 17.7 Å². The first kappa shape index (κ1) is 23.1. The number of hydrogen-bond donors (Lipinski definition) is 0. The van der Waals surface area contributed by atoms with Crippen molar-refractivity contribution in [1.82, 2.24) is 9.80 Å². The van der Waals surface area contributed by atoms with Crippen molar-refractivity contribution in [3.8, 4) is 17.2 Å². The Morgan fingerprint density at radius 2 is 1.62 bits per heavy atom. The number of amides is 1. The maximum Gasteiger partial charge on any atom is 0.246 e. The number of hydrogen-bond acceptors (Lipinski definition) is 6. The molecule has 0 unspecified atom stereocenters. The van der Waals surface area contributed by atoms with Crippen LogP contribution in [0.5, 0.6) is 17.2 Å². The lowest BCUT2D eigenvalue weighted by Gasteiger charge is -2.31. The van der Waals surface area contributed by atoms with Gasteiger partial charge in [-0.2, -0.15) is 0 Å². The van der Waals surface area contributed by atoms with Gasteiger partial charge in [0.15, 0.2) is 17.2 Å². The van der Waals surface area contributed by atoms with E-state index in [-0.39, 0.29) is 5.91 Å². The van der Waals surface area contributed by atoms with Crippen LogP contribution in [0.25, 0.3) is 6.08 Å². The molecule has 32 heavy (non-hydrogen) atoms. The number of oxime groups is 1. The molecule has 0 spiro atoms. The molecule has 2 aromatic rings. The number of likely N-dealkylation sites (N-methyl/N-ethyl adjacent to an activating group) is 1. The topological polar surface area (TPSA) is 63.6 Å². The van der Waals surface area contributed by atoms with Crippen LogP contribution in [0.2, 0.25) is 0 Å². The summed E-state index contributed by atoms with van der Waals surface area (Å²) in [6, 6.07) is 14.9. The maximum absolute atomic E-state index is 12.6. The lowest BCUT2D eigenvalue weighted by Crippen LogP contribution is -2.46. The predicted octanol–water partition coefficient (Wildman–Crippen LogP) is 3.48. The summed E-state index contributed by atoms with van der Waals surface area (Å²) in [6.45, 7) is 3.18. The van der Waals surface area contributed by atoms with Crippen molar-refractivity contribution in [3.63, 3.8) is 0 Å². The van der Waals surface area contributed by atoms with E-state index in [1.807, 2.05) is 59.5 Å². The molecule has 0 aliphatic carbocycles. The zero-order chi connectivity index (χ0) is 22.8. The molecule has 0 bridgehead atoms. The third kappa shape index (κ3) is 6.72. The van der Waals surface area contributed by atoms with E-state index in [9.17, 15) is 4.79 Å². The molecule has 1 aliphatic heterocycles. The second-order valence-corrected chi connectivity index (χ2v) is 7.33. The molecular formula is C25H29N3O4. The lowest BCUT2D eigenvalue weighted by atomic mass is 10.1. The predicted molar refractivity (Wildman–Crippen MR) is 126 cm³/mol. The van der Waals surface area contributed by atoms with E-state index in [1.165, 1.54) is 6.08 Å². The Labute approximate surface area is 189 Å². The first-order valence-corrected chi connectivity index (χ1v) is 10.4. The van der Waals surface area contributed by atoms with Crippen molar-refractivity contribution < 1.29 is 19.1 Å². The number of piperazine rings is 1. The average molecular weight is 436 g/mol. The van der Waals surface area contributed by atoms with Crippen molar-refractivity contribution in [2.75, 3.05) is 47.4 Å². The highest BCUT2D eigenvalue weighted by Gasteiger charge is 2.16. The van der Waals surface area contributed by atoms with Gasteiger partial charge in [-0.15, -0.1) is 0 Å². The number of methoxy groups -OCH3 is 2. The van der Waals surface area contributed by atoms with Gasteiger partial charge in [0.05, 0.1) is 14.2 Å². The standard InChI is InChI=1S/C25H29N3O4/c1-27-15-17-28(18-16-27)25(29)14-12-21(26-32-22-7-5-4-6-8-22)11-9-20-10-13-23(30-2)24(19-20)31-3/h4-14,19H,15-18H2,1-3H3/b11-9+,14-12+,26-21?. The minimum Gasteiger partial charge on any atom is -0.493 e. The Hall–Kier alpha value is -3.58. The molecule has 7 nitrogen and oxygen atoms in total. The Balaban J connectivity index is 1.77. The fourth-order valence-electron chi connectivity index (χ4n) is 3.13. The van der Waals surface area contributed by atoms with E-state index in [0.717, 1.165) is 18.7 Å². The molecule has 1 amide bonds. The fourth-order valence-corrected chi connectivity index (χ4v) is 3.13. The SMILES string of the molecule is COc1ccc(/C=C/C(/C=C/C(=O)N2CCN(C)CC2)=NOc2ccccc2)cc1OC. The maximum atomic E-state index is 12.6. The van der Waals surface area contributed by atoms with Gasteiger partial charge >= 0.3 is 0 Å². The molecule has 0 saturated carbocycles. The summed E-state index contributed by atoms with van der Waals surface area (Å²) in [6.07, 6.45) is 6.87. The third-order valence-electron chi connectivity index (χ3n) is 5.07. The zero-order valence-electron chi connectivity index (χ0n) is 18.7. The van der Waals surface area contributed by atoms with Crippen LogP contribution in [0, 0.1) is 0 Å². The number of carbonyl (C=O) groups is 1. The Kier molecular flexibility index (Phi) is 8.45. The summed E-state index contributed by atoms with van der Waals surface area (Å²) in [4.78, 5) is 22.2. The molecule has 2 aromatic carbocycles. The van der Waals surface area contributed by atoms with Crippen LogP contribution in [-0.4, -0.2) is 68.9 Å². The smallest absolute Gasteiger partial charge is 0.246 e. The van der Waals surface area contributed by atoms with Crippen molar-refractivity contribution in [1.29, 1.82) is 0 Å².